The van der Waals surface area contributed by atoms with Crippen LogP contribution in [-0.2, 0) is 0 Å². The minimum Gasteiger partial charge on any atom is -0.396 e. The van der Waals surface area contributed by atoms with Crippen molar-refractivity contribution in [3.05, 3.63) is 24.0 Å². The number of aliphatic hydroxyl groups is 1. The molecular weight excluding hydrogens is 152 g/mol. The van der Waals surface area contributed by atoms with Crippen LogP contribution in [0.5, 0.6) is 0 Å². The Kier molecular flexibility index (Phi) is 1.96. The van der Waals surface area contributed by atoms with E-state index in [4.69, 9.17) is 5.11 Å². The highest BCUT2D eigenvalue weighted by molar-refractivity contribution is 5.51. The highest BCUT2D eigenvalue weighted by Crippen LogP contribution is 2.28. The first kappa shape index (κ1) is 7.55. The molecule has 0 aliphatic carbocycles. The molecule has 0 saturated carbocycles. The lowest BCUT2D eigenvalue weighted by molar-refractivity contribution is 0.257. The van der Waals surface area contributed by atoms with E-state index < -0.39 is 0 Å². The van der Waals surface area contributed by atoms with Crippen molar-refractivity contribution in [2.75, 3.05) is 18.5 Å². The molecule has 1 aliphatic rings. The molecule has 0 amide bonds. The van der Waals surface area contributed by atoms with Crippen molar-refractivity contribution in [1.82, 2.24) is 4.98 Å². The molecule has 0 aromatic carbocycles. The molecule has 2 rings (SSSR count). The lowest BCUT2D eigenvalue weighted by Crippen LogP contribution is -2.20. The van der Waals surface area contributed by atoms with E-state index in [1.807, 2.05) is 12.1 Å². The van der Waals surface area contributed by atoms with Crippen molar-refractivity contribution in [3.63, 3.8) is 0 Å². The molecule has 1 aromatic rings. The molecule has 12 heavy (non-hydrogen) atoms. The second kappa shape index (κ2) is 3.11. The number of anilines is 1. The largest absolute Gasteiger partial charge is 0.396 e. The quantitative estimate of drug-likeness (QED) is 0.650. The summed E-state index contributed by atoms with van der Waals surface area (Å²) in [7, 11) is 0. The fourth-order valence-electron chi connectivity index (χ4n) is 1.59. The summed E-state index contributed by atoms with van der Waals surface area (Å²) in [4.78, 5) is 4.25. The predicted molar refractivity (Wildman–Crippen MR) is 47.2 cm³/mol. The molecule has 64 valence electrons. The summed E-state index contributed by atoms with van der Waals surface area (Å²) in [6.07, 6.45) is 2.75. The molecule has 3 nitrogen and oxygen atoms in total. The van der Waals surface area contributed by atoms with Crippen LogP contribution in [0.3, 0.4) is 0 Å². The van der Waals surface area contributed by atoms with Crippen molar-refractivity contribution < 1.29 is 5.11 Å². The Morgan fingerprint density at radius 2 is 2.58 bits per heavy atom. The van der Waals surface area contributed by atoms with E-state index in [-0.39, 0.29) is 12.5 Å². The molecular formula is C9H12N2O. The molecule has 0 spiro atoms. The monoisotopic (exact) mass is 164 g/mol. The van der Waals surface area contributed by atoms with Gasteiger partial charge in [-0.2, -0.15) is 0 Å². The second-order valence-electron chi connectivity index (χ2n) is 3.03. The van der Waals surface area contributed by atoms with Crippen molar-refractivity contribution in [3.8, 4) is 0 Å². The second-order valence-corrected chi connectivity index (χ2v) is 3.03. The van der Waals surface area contributed by atoms with Crippen LogP contribution in [0.4, 0.5) is 5.69 Å². The highest BCUT2D eigenvalue weighted by atomic mass is 16.3. The predicted octanol–water partition coefficient (Wildman–Crippen LogP) is 0.973. The summed E-state index contributed by atoms with van der Waals surface area (Å²) >= 11 is 0. The third-order valence-electron chi connectivity index (χ3n) is 2.25. The number of aliphatic hydroxyl groups excluding tert-OH is 1. The van der Waals surface area contributed by atoms with Crippen molar-refractivity contribution in [2.45, 2.75) is 12.3 Å². The van der Waals surface area contributed by atoms with Gasteiger partial charge in [0.1, 0.15) is 0 Å². The van der Waals surface area contributed by atoms with Crippen LogP contribution in [0.1, 0.15) is 18.0 Å². The van der Waals surface area contributed by atoms with Gasteiger partial charge in [0.15, 0.2) is 0 Å². The van der Waals surface area contributed by atoms with E-state index in [0.29, 0.717) is 0 Å². The van der Waals surface area contributed by atoms with Crippen LogP contribution in [0, 0.1) is 0 Å². The van der Waals surface area contributed by atoms with Gasteiger partial charge < -0.3 is 10.4 Å². The van der Waals surface area contributed by atoms with E-state index in [1.54, 1.807) is 6.20 Å². The topological polar surface area (TPSA) is 45.1 Å². The van der Waals surface area contributed by atoms with E-state index in [9.17, 15) is 0 Å². The zero-order chi connectivity index (χ0) is 8.39. The Hall–Kier alpha value is -1.09. The van der Waals surface area contributed by atoms with Gasteiger partial charge in [-0.15, -0.1) is 0 Å². The summed E-state index contributed by atoms with van der Waals surface area (Å²) in [5.41, 5.74) is 2.08. The number of hydrogen-bond donors (Lipinski definition) is 2. The first-order valence-corrected chi connectivity index (χ1v) is 4.21. The standard InChI is InChI=1S/C9H12N2O/c12-6-7-3-5-10-8-2-1-4-11-9(7)8/h1-2,4,7,10,12H,3,5-6H2. The molecule has 0 bridgehead atoms. The van der Waals surface area contributed by atoms with Gasteiger partial charge in [0.25, 0.3) is 0 Å². The van der Waals surface area contributed by atoms with E-state index >= 15 is 0 Å². The number of hydrogen-bond acceptors (Lipinski definition) is 3. The molecule has 2 heterocycles. The fraction of sp³-hybridized carbons (Fsp3) is 0.444. The average molecular weight is 164 g/mol. The van der Waals surface area contributed by atoms with Crippen LogP contribution in [0.15, 0.2) is 18.3 Å². The summed E-state index contributed by atoms with van der Waals surface area (Å²) in [5.74, 6) is 0.224. The van der Waals surface area contributed by atoms with Gasteiger partial charge in [0.2, 0.25) is 0 Å². The summed E-state index contributed by atoms with van der Waals surface area (Å²) in [5, 5.41) is 12.3. The van der Waals surface area contributed by atoms with Crippen molar-refractivity contribution in [2.24, 2.45) is 0 Å². The van der Waals surface area contributed by atoms with Crippen LogP contribution in [0.25, 0.3) is 0 Å². The molecule has 1 atom stereocenters. The Morgan fingerprint density at radius 1 is 1.67 bits per heavy atom. The summed E-state index contributed by atoms with van der Waals surface area (Å²) in [6, 6.07) is 3.91. The normalized spacial score (nSPS) is 21.2. The molecule has 2 N–H and O–H groups in total. The maximum absolute atomic E-state index is 9.07. The van der Waals surface area contributed by atoms with Gasteiger partial charge in [-0.3, -0.25) is 4.98 Å². The Morgan fingerprint density at radius 3 is 3.42 bits per heavy atom. The van der Waals surface area contributed by atoms with Gasteiger partial charge in [-0.1, -0.05) is 0 Å². The van der Waals surface area contributed by atoms with Crippen LogP contribution >= 0.6 is 0 Å². The van der Waals surface area contributed by atoms with Crippen LogP contribution in [0.2, 0.25) is 0 Å². The number of fused-ring (bicyclic) bond motifs is 1. The molecule has 1 aromatic heterocycles. The van der Waals surface area contributed by atoms with Gasteiger partial charge in [-0.25, -0.2) is 0 Å². The number of nitrogens with one attached hydrogen (secondary N) is 1. The van der Waals surface area contributed by atoms with Crippen molar-refractivity contribution in [1.29, 1.82) is 0 Å². The maximum Gasteiger partial charge on any atom is 0.0689 e. The highest BCUT2D eigenvalue weighted by Gasteiger charge is 2.19. The number of rotatable bonds is 1. The van der Waals surface area contributed by atoms with E-state index in [1.165, 1.54) is 0 Å². The van der Waals surface area contributed by atoms with E-state index in [2.05, 4.69) is 10.3 Å². The Bertz CT molecular complexity index is 275. The van der Waals surface area contributed by atoms with Gasteiger partial charge in [0.05, 0.1) is 18.0 Å². The molecule has 1 unspecified atom stereocenters. The third-order valence-corrected chi connectivity index (χ3v) is 2.25. The van der Waals surface area contributed by atoms with Crippen LogP contribution < -0.4 is 5.32 Å². The van der Waals surface area contributed by atoms with Gasteiger partial charge in [-0.05, 0) is 18.6 Å². The molecule has 0 fully saturated rings. The van der Waals surface area contributed by atoms with E-state index in [0.717, 1.165) is 24.3 Å². The number of nitrogens with zero attached hydrogens (tertiary/aromatic N) is 1. The lowest BCUT2D eigenvalue weighted by Gasteiger charge is -2.23. The molecule has 0 saturated heterocycles. The number of aromatic nitrogens is 1. The zero-order valence-corrected chi connectivity index (χ0v) is 6.83. The minimum absolute atomic E-state index is 0.200. The SMILES string of the molecule is OCC1CCNc2cccnc21. The molecule has 3 heteroatoms. The number of pyridine rings is 1. The average Bonchev–Trinajstić information content (AvgIpc) is 2.17. The van der Waals surface area contributed by atoms with Gasteiger partial charge in [0, 0.05) is 18.7 Å². The smallest absolute Gasteiger partial charge is 0.0689 e. The zero-order valence-electron chi connectivity index (χ0n) is 6.83. The van der Waals surface area contributed by atoms with Crippen molar-refractivity contribution >= 4 is 5.69 Å². The third kappa shape index (κ3) is 1.16. The first-order valence-electron chi connectivity index (χ1n) is 4.21. The molecule has 1 aliphatic heterocycles. The molecule has 0 radical (unpaired) electrons. The first-order chi connectivity index (χ1) is 5.92. The maximum atomic E-state index is 9.07. The Balaban J connectivity index is 2.37. The van der Waals surface area contributed by atoms with Gasteiger partial charge >= 0.3 is 0 Å². The lowest BCUT2D eigenvalue weighted by atomic mass is 9.97. The summed E-state index contributed by atoms with van der Waals surface area (Å²) < 4.78 is 0. The minimum atomic E-state index is 0.200. The Labute approximate surface area is 71.4 Å². The fourth-order valence-corrected chi connectivity index (χ4v) is 1.59. The van der Waals surface area contributed by atoms with Crippen LogP contribution in [-0.4, -0.2) is 23.2 Å². The summed E-state index contributed by atoms with van der Waals surface area (Å²) in [6.45, 7) is 1.13.